The Morgan fingerprint density at radius 3 is 3.07 bits per heavy atom. The Balaban J connectivity index is 2.13. The fraction of sp³-hybridized carbons (Fsp3) is 0.900. The van der Waals surface area contributed by atoms with E-state index in [1.54, 1.807) is 0 Å². The first-order valence-electron chi connectivity index (χ1n) is 5.29. The molecule has 1 heterocycles. The number of ether oxygens (including phenoxy) is 1. The summed E-state index contributed by atoms with van der Waals surface area (Å²) in [5, 5.41) is 2.93. The van der Waals surface area contributed by atoms with Crippen LogP contribution >= 0.6 is 0 Å². The summed E-state index contributed by atoms with van der Waals surface area (Å²) in [5.74, 6) is 0.665. The topological polar surface area (TPSA) is 64.3 Å². The molecule has 0 radical (unpaired) electrons. The van der Waals surface area contributed by atoms with E-state index < -0.39 is 0 Å². The summed E-state index contributed by atoms with van der Waals surface area (Å²) >= 11 is 0. The van der Waals surface area contributed by atoms with Crippen molar-refractivity contribution in [3.63, 3.8) is 0 Å². The molecule has 1 aliphatic rings. The summed E-state index contributed by atoms with van der Waals surface area (Å²) in [7, 11) is 0. The maximum Gasteiger partial charge on any atom is 0.225 e. The Bertz CT molecular complexity index is 179. The molecule has 0 aromatic carbocycles. The van der Waals surface area contributed by atoms with E-state index in [1.807, 2.05) is 0 Å². The van der Waals surface area contributed by atoms with Crippen molar-refractivity contribution >= 4 is 5.91 Å². The molecule has 1 saturated heterocycles. The molecule has 1 fully saturated rings. The number of hydrogen-bond acceptors (Lipinski definition) is 3. The third kappa shape index (κ3) is 3.64. The van der Waals surface area contributed by atoms with Crippen molar-refractivity contribution in [3.8, 4) is 0 Å². The second-order valence-electron chi connectivity index (χ2n) is 3.99. The monoisotopic (exact) mass is 200 g/mol. The van der Waals surface area contributed by atoms with Crippen molar-refractivity contribution in [3.05, 3.63) is 0 Å². The number of amides is 1. The van der Waals surface area contributed by atoms with Crippen molar-refractivity contribution in [2.24, 2.45) is 17.6 Å². The molecule has 0 bridgehead atoms. The standard InChI is InChI=1S/C10H20N2O2/c1-8(2-4-11)6-12-10(13)9-3-5-14-7-9/h8-9H,2-7,11H2,1H3,(H,12,13). The first-order valence-corrected chi connectivity index (χ1v) is 5.29. The Morgan fingerprint density at radius 2 is 2.50 bits per heavy atom. The van der Waals surface area contributed by atoms with Gasteiger partial charge >= 0.3 is 0 Å². The van der Waals surface area contributed by atoms with Gasteiger partial charge in [0.05, 0.1) is 12.5 Å². The minimum absolute atomic E-state index is 0.0695. The molecule has 0 saturated carbocycles. The van der Waals surface area contributed by atoms with E-state index in [0.717, 1.165) is 26.0 Å². The van der Waals surface area contributed by atoms with Crippen LogP contribution in [0.4, 0.5) is 0 Å². The number of nitrogens with two attached hydrogens (primary N) is 1. The lowest BCUT2D eigenvalue weighted by Crippen LogP contribution is -2.34. The second-order valence-corrected chi connectivity index (χ2v) is 3.99. The minimum atomic E-state index is 0.0695. The van der Waals surface area contributed by atoms with Gasteiger partial charge in [-0.15, -0.1) is 0 Å². The summed E-state index contributed by atoms with van der Waals surface area (Å²) in [6.45, 7) is 4.81. The molecule has 1 amide bonds. The molecular formula is C10H20N2O2. The van der Waals surface area contributed by atoms with Gasteiger partial charge in [-0.05, 0) is 25.3 Å². The van der Waals surface area contributed by atoms with Crippen LogP contribution in [-0.4, -0.2) is 32.2 Å². The highest BCUT2D eigenvalue weighted by atomic mass is 16.5. The van der Waals surface area contributed by atoms with Crippen LogP contribution in [0.1, 0.15) is 19.8 Å². The van der Waals surface area contributed by atoms with E-state index in [0.29, 0.717) is 19.1 Å². The van der Waals surface area contributed by atoms with E-state index >= 15 is 0 Å². The number of nitrogens with one attached hydrogen (secondary N) is 1. The smallest absolute Gasteiger partial charge is 0.225 e. The van der Waals surface area contributed by atoms with Gasteiger partial charge in [-0.3, -0.25) is 4.79 Å². The van der Waals surface area contributed by atoms with Crippen LogP contribution in [0.15, 0.2) is 0 Å². The Hall–Kier alpha value is -0.610. The van der Waals surface area contributed by atoms with E-state index in [-0.39, 0.29) is 11.8 Å². The van der Waals surface area contributed by atoms with E-state index in [2.05, 4.69) is 12.2 Å². The van der Waals surface area contributed by atoms with Gasteiger partial charge in [-0.1, -0.05) is 6.92 Å². The molecule has 2 atom stereocenters. The third-order valence-electron chi connectivity index (χ3n) is 2.58. The predicted octanol–water partition coefficient (Wildman–Crippen LogP) is 0.124. The van der Waals surface area contributed by atoms with Crippen LogP contribution in [0.2, 0.25) is 0 Å². The van der Waals surface area contributed by atoms with Crippen LogP contribution in [0.3, 0.4) is 0 Å². The molecule has 1 rings (SSSR count). The molecule has 4 nitrogen and oxygen atoms in total. The maximum absolute atomic E-state index is 11.5. The zero-order valence-electron chi connectivity index (χ0n) is 8.79. The number of carbonyl (C=O) groups excluding carboxylic acids is 1. The van der Waals surface area contributed by atoms with Gasteiger partial charge in [0.1, 0.15) is 0 Å². The summed E-state index contributed by atoms with van der Waals surface area (Å²) < 4.78 is 5.15. The summed E-state index contributed by atoms with van der Waals surface area (Å²) in [6.07, 6.45) is 1.82. The molecule has 0 spiro atoms. The van der Waals surface area contributed by atoms with Crippen LogP contribution in [0.25, 0.3) is 0 Å². The molecule has 0 aromatic heterocycles. The molecule has 1 aliphatic heterocycles. The Labute approximate surface area is 85.2 Å². The van der Waals surface area contributed by atoms with Crippen LogP contribution in [0.5, 0.6) is 0 Å². The lowest BCUT2D eigenvalue weighted by Gasteiger charge is -2.13. The zero-order chi connectivity index (χ0) is 10.4. The summed E-state index contributed by atoms with van der Waals surface area (Å²) in [5.41, 5.74) is 5.43. The van der Waals surface area contributed by atoms with Crippen molar-refractivity contribution in [2.45, 2.75) is 19.8 Å². The van der Waals surface area contributed by atoms with Crippen molar-refractivity contribution < 1.29 is 9.53 Å². The second kappa shape index (κ2) is 5.98. The molecule has 82 valence electrons. The highest BCUT2D eigenvalue weighted by Crippen LogP contribution is 2.12. The largest absolute Gasteiger partial charge is 0.381 e. The predicted molar refractivity (Wildman–Crippen MR) is 54.8 cm³/mol. The number of carbonyl (C=O) groups is 1. The van der Waals surface area contributed by atoms with E-state index in [9.17, 15) is 4.79 Å². The lowest BCUT2D eigenvalue weighted by molar-refractivity contribution is -0.125. The average Bonchev–Trinajstić information content (AvgIpc) is 2.67. The lowest BCUT2D eigenvalue weighted by atomic mass is 10.1. The first-order chi connectivity index (χ1) is 6.74. The molecule has 0 aromatic rings. The highest BCUT2D eigenvalue weighted by Gasteiger charge is 2.23. The fourth-order valence-electron chi connectivity index (χ4n) is 1.55. The molecule has 4 heteroatoms. The molecule has 2 unspecified atom stereocenters. The molecule has 0 aliphatic carbocycles. The SMILES string of the molecule is CC(CCN)CNC(=O)C1CCOC1. The van der Waals surface area contributed by atoms with Crippen LogP contribution in [-0.2, 0) is 9.53 Å². The highest BCUT2D eigenvalue weighted by molar-refractivity contribution is 5.78. The quantitative estimate of drug-likeness (QED) is 0.662. The van der Waals surface area contributed by atoms with Gasteiger partial charge in [0.2, 0.25) is 5.91 Å². The van der Waals surface area contributed by atoms with Gasteiger partial charge in [-0.25, -0.2) is 0 Å². The Morgan fingerprint density at radius 1 is 1.71 bits per heavy atom. The van der Waals surface area contributed by atoms with Crippen LogP contribution in [0, 0.1) is 11.8 Å². The van der Waals surface area contributed by atoms with Crippen LogP contribution < -0.4 is 11.1 Å². The van der Waals surface area contributed by atoms with Gasteiger partial charge in [0.15, 0.2) is 0 Å². The Kier molecular flexibility index (Phi) is 4.90. The summed E-state index contributed by atoms with van der Waals surface area (Å²) in [4.78, 5) is 11.5. The van der Waals surface area contributed by atoms with Gasteiger partial charge in [0.25, 0.3) is 0 Å². The molecule has 14 heavy (non-hydrogen) atoms. The van der Waals surface area contributed by atoms with Gasteiger partial charge in [0, 0.05) is 13.2 Å². The zero-order valence-corrected chi connectivity index (χ0v) is 8.79. The summed E-state index contributed by atoms with van der Waals surface area (Å²) in [6, 6.07) is 0. The minimum Gasteiger partial charge on any atom is -0.381 e. The number of hydrogen-bond donors (Lipinski definition) is 2. The molecular weight excluding hydrogens is 180 g/mol. The van der Waals surface area contributed by atoms with E-state index in [1.165, 1.54) is 0 Å². The van der Waals surface area contributed by atoms with E-state index in [4.69, 9.17) is 10.5 Å². The fourth-order valence-corrected chi connectivity index (χ4v) is 1.55. The van der Waals surface area contributed by atoms with Crippen molar-refractivity contribution in [1.82, 2.24) is 5.32 Å². The van der Waals surface area contributed by atoms with Gasteiger partial charge < -0.3 is 15.8 Å². The average molecular weight is 200 g/mol. The van der Waals surface area contributed by atoms with Crippen molar-refractivity contribution in [2.75, 3.05) is 26.3 Å². The normalized spacial score (nSPS) is 23.4. The van der Waals surface area contributed by atoms with Gasteiger partial charge in [-0.2, -0.15) is 0 Å². The maximum atomic E-state index is 11.5. The first kappa shape index (κ1) is 11.5. The molecule has 3 N–H and O–H groups in total. The number of rotatable bonds is 5. The van der Waals surface area contributed by atoms with Crippen molar-refractivity contribution in [1.29, 1.82) is 0 Å². The third-order valence-corrected chi connectivity index (χ3v) is 2.58.